The van der Waals surface area contributed by atoms with Crippen molar-refractivity contribution in [3.05, 3.63) is 84.4 Å². The number of amides is 2. The first-order valence-electron chi connectivity index (χ1n) is 11.0. The van der Waals surface area contributed by atoms with Crippen LogP contribution in [0.15, 0.2) is 78.9 Å². The minimum absolute atomic E-state index is 0.138. The van der Waals surface area contributed by atoms with Gasteiger partial charge in [-0.15, -0.1) is 0 Å². The number of carbonyl (C=O) groups is 2. The van der Waals surface area contributed by atoms with Gasteiger partial charge in [0.2, 0.25) is 5.91 Å². The van der Waals surface area contributed by atoms with Crippen LogP contribution in [-0.4, -0.2) is 56.5 Å². The van der Waals surface area contributed by atoms with Crippen LogP contribution in [0.25, 0.3) is 0 Å². The van der Waals surface area contributed by atoms with Crippen LogP contribution in [-0.2, 0) is 4.79 Å². The Bertz CT molecular complexity index is 1100. The molecule has 33 heavy (non-hydrogen) atoms. The lowest BCUT2D eigenvalue weighted by molar-refractivity contribution is -0.117. The Balaban J connectivity index is 1.33. The summed E-state index contributed by atoms with van der Waals surface area (Å²) in [7, 11) is 1.68. The highest BCUT2D eigenvalue weighted by Gasteiger charge is 2.22. The summed E-state index contributed by atoms with van der Waals surface area (Å²) in [6, 6.07) is 24.3. The van der Waals surface area contributed by atoms with Gasteiger partial charge in [0.25, 0.3) is 5.91 Å². The lowest BCUT2D eigenvalue weighted by Crippen LogP contribution is -2.48. The number of ether oxygens (including phenoxy) is 1. The van der Waals surface area contributed by atoms with Crippen LogP contribution < -0.4 is 20.3 Å². The lowest BCUT2D eigenvalue weighted by atomic mass is 10.1. The van der Waals surface area contributed by atoms with Crippen molar-refractivity contribution in [3.63, 3.8) is 0 Å². The molecule has 0 aliphatic carbocycles. The number of hydrogen-bond donors (Lipinski definition) is 2. The van der Waals surface area contributed by atoms with Crippen LogP contribution >= 0.6 is 0 Å². The SMILES string of the molecule is COc1ccccc1N1CCN(CC(=O)Nc2ccccc2C(=O)Nc2ccccc2)CC1. The molecule has 1 heterocycles. The predicted molar refractivity (Wildman–Crippen MR) is 131 cm³/mol. The smallest absolute Gasteiger partial charge is 0.257 e. The number of piperazine rings is 1. The molecule has 2 amide bonds. The van der Waals surface area contributed by atoms with Crippen molar-refractivity contribution < 1.29 is 14.3 Å². The zero-order chi connectivity index (χ0) is 23.0. The molecule has 0 spiro atoms. The Morgan fingerprint density at radius 3 is 2.24 bits per heavy atom. The average molecular weight is 445 g/mol. The molecule has 1 saturated heterocycles. The van der Waals surface area contributed by atoms with E-state index in [2.05, 4.69) is 26.5 Å². The van der Waals surface area contributed by atoms with Crippen molar-refractivity contribution in [2.45, 2.75) is 0 Å². The summed E-state index contributed by atoms with van der Waals surface area (Å²) in [5.74, 6) is 0.456. The van der Waals surface area contributed by atoms with Crippen LogP contribution in [0.5, 0.6) is 5.75 Å². The number of benzene rings is 3. The molecule has 0 aromatic heterocycles. The number of hydrogen-bond acceptors (Lipinski definition) is 5. The number of para-hydroxylation sites is 4. The second kappa shape index (κ2) is 10.7. The largest absolute Gasteiger partial charge is 0.495 e. The summed E-state index contributed by atoms with van der Waals surface area (Å²) in [6.07, 6.45) is 0. The summed E-state index contributed by atoms with van der Waals surface area (Å²) in [4.78, 5) is 29.9. The maximum atomic E-state index is 12.7. The van der Waals surface area contributed by atoms with Gasteiger partial charge in [-0.2, -0.15) is 0 Å². The average Bonchev–Trinajstić information content (AvgIpc) is 2.85. The van der Waals surface area contributed by atoms with E-state index in [9.17, 15) is 9.59 Å². The monoisotopic (exact) mass is 444 g/mol. The highest BCUT2D eigenvalue weighted by Crippen LogP contribution is 2.28. The van der Waals surface area contributed by atoms with Gasteiger partial charge in [0.1, 0.15) is 5.75 Å². The highest BCUT2D eigenvalue weighted by atomic mass is 16.5. The first-order chi connectivity index (χ1) is 16.1. The first kappa shape index (κ1) is 22.4. The lowest BCUT2D eigenvalue weighted by Gasteiger charge is -2.36. The molecule has 3 aromatic carbocycles. The van der Waals surface area contributed by atoms with E-state index in [0.717, 1.165) is 37.6 Å². The third-order valence-electron chi connectivity index (χ3n) is 5.64. The summed E-state index contributed by atoms with van der Waals surface area (Å²) in [5, 5.41) is 5.78. The second-order valence-electron chi connectivity index (χ2n) is 7.85. The van der Waals surface area contributed by atoms with E-state index in [0.29, 0.717) is 16.9 Å². The molecule has 3 aromatic rings. The maximum absolute atomic E-state index is 12.7. The summed E-state index contributed by atoms with van der Waals surface area (Å²) < 4.78 is 5.47. The Kier molecular flexibility index (Phi) is 7.22. The highest BCUT2D eigenvalue weighted by molar-refractivity contribution is 6.10. The Morgan fingerprint density at radius 1 is 0.818 bits per heavy atom. The quantitative estimate of drug-likeness (QED) is 0.581. The van der Waals surface area contributed by atoms with Gasteiger partial charge in [0, 0.05) is 31.9 Å². The number of rotatable bonds is 7. The Morgan fingerprint density at radius 2 is 1.48 bits per heavy atom. The van der Waals surface area contributed by atoms with E-state index < -0.39 is 0 Å². The van der Waals surface area contributed by atoms with Crippen molar-refractivity contribution in [2.24, 2.45) is 0 Å². The van der Waals surface area contributed by atoms with Crippen LogP contribution in [0.4, 0.5) is 17.1 Å². The number of nitrogens with zero attached hydrogens (tertiary/aromatic N) is 2. The normalized spacial score (nSPS) is 13.9. The van der Waals surface area contributed by atoms with Crippen molar-refractivity contribution in [1.29, 1.82) is 0 Å². The molecule has 7 heteroatoms. The fourth-order valence-corrected chi connectivity index (χ4v) is 3.94. The molecule has 170 valence electrons. The first-order valence-corrected chi connectivity index (χ1v) is 11.0. The third-order valence-corrected chi connectivity index (χ3v) is 5.64. The number of methoxy groups -OCH3 is 1. The molecule has 1 aliphatic rings. The van der Waals surface area contributed by atoms with Crippen molar-refractivity contribution in [1.82, 2.24) is 4.90 Å². The molecule has 4 rings (SSSR count). The second-order valence-corrected chi connectivity index (χ2v) is 7.85. The topological polar surface area (TPSA) is 73.9 Å². The number of carbonyl (C=O) groups excluding carboxylic acids is 2. The van der Waals surface area contributed by atoms with Gasteiger partial charge in [0.15, 0.2) is 0 Å². The molecule has 1 fully saturated rings. The minimum atomic E-state index is -0.262. The van der Waals surface area contributed by atoms with Gasteiger partial charge < -0.3 is 20.3 Å². The maximum Gasteiger partial charge on any atom is 0.257 e. The van der Waals surface area contributed by atoms with Gasteiger partial charge in [-0.3, -0.25) is 14.5 Å². The summed E-state index contributed by atoms with van der Waals surface area (Å²) >= 11 is 0. The van der Waals surface area contributed by atoms with Gasteiger partial charge >= 0.3 is 0 Å². The summed E-state index contributed by atoms with van der Waals surface area (Å²) in [6.45, 7) is 3.42. The van der Waals surface area contributed by atoms with Crippen molar-refractivity contribution in [3.8, 4) is 5.75 Å². The standard InChI is InChI=1S/C26H28N4O3/c1-33-24-14-8-7-13-23(24)30-17-15-29(16-18-30)19-25(31)28-22-12-6-5-11-21(22)26(32)27-20-9-3-2-4-10-20/h2-14H,15-19H2,1H3,(H,27,32)(H,28,31). The van der Waals surface area contributed by atoms with Crippen LogP contribution in [0.2, 0.25) is 0 Å². The van der Waals surface area contributed by atoms with E-state index in [-0.39, 0.29) is 18.4 Å². The van der Waals surface area contributed by atoms with Gasteiger partial charge in [-0.05, 0) is 36.4 Å². The Hall–Kier alpha value is -3.84. The number of anilines is 3. The van der Waals surface area contributed by atoms with Crippen LogP contribution in [0.3, 0.4) is 0 Å². The molecule has 2 N–H and O–H groups in total. The molecular weight excluding hydrogens is 416 g/mol. The van der Waals surface area contributed by atoms with Crippen molar-refractivity contribution in [2.75, 3.05) is 55.4 Å². The third kappa shape index (κ3) is 5.70. The zero-order valence-corrected chi connectivity index (χ0v) is 18.7. The molecule has 0 bridgehead atoms. The fraction of sp³-hybridized carbons (Fsp3) is 0.231. The van der Waals surface area contributed by atoms with E-state index in [4.69, 9.17) is 4.74 Å². The van der Waals surface area contributed by atoms with Crippen LogP contribution in [0.1, 0.15) is 10.4 Å². The minimum Gasteiger partial charge on any atom is -0.495 e. The molecule has 0 radical (unpaired) electrons. The van der Waals surface area contributed by atoms with Gasteiger partial charge in [-0.25, -0.2) is 0 Å². The molecule has 0 atom stereocenters. The van der Waals surface area contributed by atoms with E-state index in [1.54, 1.807) is 31.4 Å². The van der Waals surface area contributed by atoms with Crippen molar-refractivity contribution >= 4 is 28.9 Å². The van der Waals surface area contributed by atoms with E-state index >= 15 is 0 Å². The van der Waals surface area contributed by atoms with Gasteiger partial charge in [-0.1, -0.05) is 42.5 Å². The Labute approximate surface area is 194 Å². The molecule has 7 nitrogen and oxygen atoms in total. The van der Waals surface area contributed by atoms with Gasteiger partial charge in [0.05, 0.1) is 30.6 Å². The fourth-order valence-electron chi connectivity index (χ4n) is 3.94. The predicted octanol–water partition coefficient (Wildman–Crippen LogP) is 3.71. The molecule has 0 saturated carbocycles. The van der Waals surface area contributed by atoms with E-state index in [1.807, 2.05) is 48.5 Å². The zero-order valence-electron chi connectivity index (χ0n) is 18.7. The summed E-state index contributed by atoms with van der Waals surface area (Å²) in [5.41, 5.74) is 2.71. The van der Waals surface area contributed by atoms with E-state index in [1.165, 1.54) is 0 Å². The molecule has 1 aliphatic heterocycles. The molecule has 0 unspecified atom stereocenters. The number of nitrogens with one attached hydrogen (secondary N) is 2. The molecular formula is C26H28N4O3. The van der Waals surface area contributed by atoms with Crippen LogP contribution in [0, 0.1) is 0 Å².